The summed E-state index contributed by atoms with van der Waals surface area (Å²) in [5.41, 5.74) is 5.72. The first-order valence-corrected chi connectivity index (χ1v) is 6.16. The van der Waals surface area contributed by atoms with E-state index < -0.39 is 0 Å². The molecule has 1 atom stereocenters. The van der Waals surface area contributed by atoms with E-state index in [4.69, 9.17) is 5.73 Å². The number of hydrogen-bond acceptors (Lipinski definition) is 2. The second-order valence-corrected chi connectivity index (χ2v) is 5.00. The van der Waals surface area contributed by atoms with Crippen LogP contribution in [0.2, 0.25) is 0 Å². The largest absolute Gasteiger partial charge is 0.328 e. The molecule has 2 heteroatoms. The molecule has 84 valence electrons. The number of nitrogens with two attached hydrogens (primary N) is 1. The molecule has 1 aliphatic heterocycles. The zero-order chi connectivity index (χ0) is 10.4. The van der Waals surface area contributed by atoms with E-state index in [0.29, 0.717) is 6.04 Å². The summed E-state index contributed by atoms with van der Waals surface area (Å²) in [6.45, 7) is 8.40. The Labute approximate surface area is 88.8 Å². The Balaban J connectivity index is 1.96. The van der Waals surface area contributed by atoms with E-state index in [0.717, 1.165) is 5.92 Å². The quantitative estimate of drug-likeness (QED) is 0.686. The van der Waals surface area contributed by atoms with Gasteiger partial charge in [-0.25, -0.2) is 0 Å². The Hall–Kier alpha value is -0.0800. The van der Waals surface area contributed by atoms with Crippen LogP contribution in [0.3, 0.4) is 0 Å². The fourth-order valence-corrected chi connectivity index (χ4v) is 2.09. The molecule has 0 spiro atoms. The zero-order valence-corrected chi connectivity index (χ0v) is 9.84. The van der Waals surface area contributed by atoms with Crippen molar-refractivity contribution in [3.63, 3.8) is 0 Å². The van der Waals surface area contributed by atoms with Crippen molar-refractivity contribution in [2.45, 2.75) is 52.0 Å². The van der Waals surface area contributed by atoms with Crippen LogP contribution in [-0.4, -0.2) is 30.6 Å². The maximum absolute atomic E-state index is 5.72. The highest BCUT2D eigenvalue weighted by Gasteiger charge is 2.14. The lowest BCUT2D eigenvalue weighted by Crippen LogP contribution is -2.33. The van der Waals surface area contributed by atoms with Crippen molar-refractivity contribution in [3.8, 4) is 0 Å². The van der Waals surface area contributed by atoms with Gasteiger partial charge in [0.05, 0.1) is 0 Å². The predicted octanol–water partition coefficient (Wildman–Crippen LogP) is 2.24. The summed E-state index contributed by atoms with van der Waals surface area (Å²) in [6.07, 6.45) is 6.60. The number of hydrogen-bond donors (Lipinski definition) is 1. The fourth-order valence-electron chi connectivity index (χ4n) is 2.09. The van der Waals surface area contributed by atoms with Gasteiger partial charge in [-0.2, -0.15) is 0 Å². The van der Waals surface area contributed by atoms with Gasteiger partial charge in [-0.3, -0.25) is 0 Å². The smallest absolute Gasteiger partial charge is 0.00104 e. The number of unbranched alkanes of at least 4 members (excludes halogenated alkanes) is 1. The van der Waals surface area contributed by atoms with Crippen molar-refractivity contribution in [2.75, 3.05) is 19.6 Å². The second kappa shape index (κ2) is 6.41. The van der Waals surface area contributed by atoms with Crippen LogP contribution in [0.1, 0.15) is 46.0 Å². The summed E-state index contributed by atoms with van der Waals surface area (Å²) in [7, 11) is 0. The first-order valence-electron chi connectivity index (χ1n) is 6.16. The van der Waals surface area contributed by atoms with Gasteiger partial charge in [0.15, 0.2) is 0 Å². The summed E-state index contributed by atoms with van der Waals surface area (Å²) >= 11 is 0. The van der Waals surface area contributed by atoms with E-state index in [1.807, 2.05) is 0 Å². The van der Waals surface area contributed by atoms with Crippen LogP contribution in [0, 0.1) is 5.92 Å². The van der Waals surface area contributed by atoms with Crippen molar-refractivity contribution < 1.29 is 0 Å². The van der Waals surface area contributed by atoms with Crippen LogP contribution in [0.5, 0.6) is 0 Å². The third-order valence-electron chi connectivity index (χ3n) is 3.26. The SMILES string of the molecule is CC(N)CCCCN1CCC(C)CC1. The Morgan fingerprint density at radius 3 is 2.50 bits per heavy atom. The zero-order valence-electron chi connectivity index (χ0n) is 9.84. The van der Waals surface area contributed by atoms with E-state index in [1.54, 1.807) is 0 Å². The minimum atomic E-state index is 0.386. The molecule has 0 radical (unpaired) electrons. The van der Waals surface area contributed by atoms with Gasteiger partial charge >= 0.3 is 0 Å². The molecule has 1 unspecified atom stereocenters. The molecule has 0 amide bonds. The third-order valence-corrected chi connectivity index (χ3v) is 3.26. The molecule has 14 heavy (non-hydrogen) atoms. The van der Waals surface area contributed by atoms with Gasteiger partial charge in [-0.1, -0.05) is 13.3 Å². The van der Waals surface area contributed by atoms with E-state index >= 15 is 0 Å². The highest BCUT2D eigenvalue weighted by atomic mass is 15.1. The molecule has 1 heterocycles. The summed E-state index contributed by atoms with van der Waals surface area (Å²) in [6, 6.07) is 0.386. The van der Waals surface area contributed by atoms with Crippen LogP contribution in [0.25, 0.3) is 0 Å². The van der Waals surface area contributed by atoms with Crippen LogP contribution >= 0.6 is 0 Å². The van der Waals surface area contributed by atoms with Crippen molar-refractivity contribution in [3.05, 3.63) is 0 Å². The lowest BCUT2D eigenvalue weighted by molar-refractivity contribution is 0.189. The molecule has 2 N–H and O–H groups in total. The Morgan fingerprint density at radius 1 is 1.29 bits per heavy atom. The Bertz CT molecular complexity index is 137. The molecular formula is C12H26N2. The minimum absolute atomic E-state index is 0.386. The number of likely N-dealkylation sites (tertiary alicyclic amines) is 1. The predicted molar refractivity (Wildman–Crippen MR) is 62.3 cm³/mol. The summed E-state index contributed by atoms with van der Waals surface area (Å²) in [5, 5.41) is 0. The maximum atomic E-state index is 5.72. The third kappa shape index (κ3) is 4.97. The highest BCUT2D eigenvalue weighted by Crippen LogP contribution is 2.16. The van der Waals surface area contributed by atoms with Crippen molar-refractivity contribution >= 4 is 0 Å². The highest BCUT2D eigenvalue weighted by molar-refractivity contribution is 4.69. The molecule has 0 aromatic heterocycles. The van der Waals surface area contributed by atoms with E-state index in [1.165, 1.54) is 51.7 Å². The molecule has 1 fully saturated rings. The Morgan fingerprint density at radius 2 is 1.93 bits per heavy atom. The van der Waals surface area contributed by atoms with E-state index in [9.17, 15) is 0 Å². The Kier molecular flexibility index (Phi) is 5.49. The van der Waals surface area contributed by atoms with Gasteiger partial charge in [0, 0.05) is 6.04 Å². The summed E-state index contributed by atoms with van der Waals surface area (Å²) < 4.78 is 0. The molecule has 2 nitrogen and oxygen atoms in total. The fraction of sp³-hybridized carbons (Fsp3) is 1.00. The summed E-state index contributed by atoms with van der Waals surface area (Å²) in [4.78, 5) is 2.61. The van der Waals surface area contributed by atoms with Crippen LogP contribution < -0.4 is 5.73 Å². The van der Waals surface area contributed by atoms with Gasteiger partial charge in [-0.05, 0) is 58.2 Å². The normalized spacial score (nSPS) is 22.5. The molecule has 1 rings (SSSR count). The molecule has 1 saturated heterocycles. The average Bonchev–Trinajstić information content (AvgIpc) is 2.15. The monoisotopic (exact) mass is 198 g/mol. The van der Waals surface area contributed by atoms with Gasteiger partial charge in [0.25, 0.3) is 0 Å². The number of piperidine rings is 1. The lowest BCUT2D eigenvalue weighted by Gasteiger charge is -2.30. The van der Waals surface area contributed by atoms with Gasteiger partial charge in [-0.15, -0.1) is 0 Å². The first kappa shape index (κ1) is 12.0. The second-order valence-electron chi connectivity index (χ2n) is 5.00. The first-order chi connectivity index (χ1) is 6.68. The van der Waals surface area contributed by atoms with Gasteiger partial charge < -0.3 is 10.6 Å². The van der Waals surface area contributed by atoms with Gasteiger partial charge in [0.1, 0.15) is 0 Å². The van der Waals surface area contributed by atoms with Crippen LogP contribution in [0.15, 0.2) is 0 Å². The average molecular weight is 198 g/mol. The van der Waals surface area contributed by atoms with Gasteiger partial charge in [0.2, 0.25) is 0 Å². The molecule has 0 aliphatic carbocycles. The maximum Gasteiger partial charge on any atom is 0.00104 e. The standard InChI is InChI=1S/C12H26N2/c1-11-6-9-14(10-7-11)8-4-3-5-12(2)13/h11-12H,3-10,13H2,1-2H3. The van der Waals surface area contributed by atoms with E-state index in [-0.39, 0.29) is 0 Å². The number of rotatable bonds is 5. The molecule has 0 bridgehead atoms. The van der Waals surface area contributed by atoms with E-state index in [2.05, 4.69) is 18.7 Å². The van der Waals surface area contributed by atoms with Crippen molar-refractivity contribution in [1.29, 1.82) is 0 Å². The topological polar surface area (TPSA) is 29.3 Å². The molecule has 0 aromatic rings. The molecular weight excluding hydrogens is 172 g/mol. The number of nitrogens with zero attached hydrogens (tertiary/aromatic N) is 1. The molecule has 0 aromatic carbocycles. The summed E-state index contributed by atoms with van der Waals surface area (Å²) in [5.74, 6) is 0.954. The lowest BCUT2D eigenvalue weighted by atomic mass is 9.99. The van der Waals surface area contributed by atoms with Crippen LogP contribution in [-0.2, 0) is 0 Å². The minimum Gasteiger partial charge on any atom is -0.328 e. The van der Waals surface area contributed by atoms with Crippen LogP contribution in [0.4, 0.5) is 0 Å². The molecule has 1 aliphatic rings. The van der Waals surface area contributed by atoms with Crippen molar-refractivity contribution in [2.24, 2.45) is 11.7 Å². The molecule has 0 saturated carbocycles. The van der Waals surface area contributed by atoms with Crippen molar-refractivity contribution in [1.82, 2.24) is 4.90 Å².